The first-order valence-corrected chi connectivity index (χ1v) is 30.4. The number of phosphoric acid groups is 4. The first kappa shape index (κ1) is 60.2. The third-order valence-electron chi connectivity index (χ3n) is 13.2. The molecule has 10 rings (SSSR count). The van der Waals surface area contributed by atoms with Crippen molar-refractivity contribution in [1.29, 1.82) is 0 Å². The van der Waals surface area contributed by atoms with Crippen LogP contribution in [0.3, 0.4) is 0 Å². The second-order valence-corrected chi connectivity index (χ2v) is 24.4. The molecule has 4 aliphatic rings. The molecule has 0 aromatic carbocycles. The highest BCUT2D eigenvalue weighted by molar-refractivity contribution is 7.48. The van der Waals surface area contributed by atoms with Gasteiger partial charge in [0, 0.05) is 43.6 Å². The Balaban J connectivity index is 0.850. The van der Waals surface area contributed by atoms with Crippen molar-refractivity contribution < 1.29 is 98.4 Å². The van der Waals surface area contributed by atoms with Crippen LogP contribution in [0.2, 0.25) is 0 Å². The van der Waals surface area contributed by atoms with E-state index < -0.39 is 167 Å². The van der Waals surface area contributed by atoms with Gasteiger partial charge < -0.3 is 65.7 Å². The molecule has 0 aliphatic carbocycles. The number of anilines is 3. The number of imidazole rings is 2. The summed E-state index contributed by atoms with van der Waals surface area (Å²) in [6, 6.07) is 1.24. The van der Waals surface area contributed by atoms with E-state index in [9.17, 15) is 67.0 Å². The van der Waals surface area contributed by atoms with Crippen molar-refractivity contribution in [1.82, 2.24) is 58.1 Å². The van der Waals surface area contributed by atoms with E-state index in [0.29, 0.717) is 0 Å². The lowest BCUT2D eigenvalue weighted by atomic mass is 10.2. The van der Waals surface area contributed by atoms with Gasteiger partial charge in [-0.3, -0.25) is 69.5 Å². The summed E-state index contributed by atoms with van der Waals surface area (Å²) in [6.07, 6.45) is -12.5. The molecule has 6 aromatic heterocycles. The molecule has 452 valence electrons. The maximum Gasteiger partial charge on any atom is 0.472 e. The van der Waals surface area contributed by atoms with Gasteiger partial charge in [-0.1, -0.05) is 0 Å². The quantitative estimate of drug-likeness (QED) is 0.0326. The molecule has 0 saturated carbocycles. The van der Waals surface area contributed by atoms with Gasteiger partial charge in [0.1, 0.15) is 85.3 Å². The Morgan fingerprint density at radius 2 is 1.10 bits per heavy atom. The standard InChI is InChI=1S/C39H51N15O25P4/c1-16-8-52(39(59)50-35(16)56)26-4-17(55)21(73-26)9-70-81(63,64)78-20-7-29(54-15-46-31-34(54)48-37(42)49-36(31)57)76-24(20)12-72-83(67,68)79-19-6-28(53-14-45-30-32(41)43-13-44-33(30)53)75-23(19)11-71-82(65,66)77-18-5-27(51-3-2-25(40)47-38(51)58)74-22(18)10-69-80(60,61)62/h2-3,8,13-15,17-24,26-29,55H,4-7,9-12H2,1H3,(H,63,64)(H,65,66)(H,67,68)(H2,40,47,58)(H2,41,43,44)(H,50,56,59)(H2,60,61,62)(H3,42,48,49,57). The summed E-state index contributed by atoms with van der Waals surface area (Å²) in [4.78, 5) is 130. The zero-order valence-electron chi connectivity index (χ0n) is 42.5. The number of nitrogen functional groups attached to an aromatic ring is 3. The maximum absolute atomic E-state index is 14.1. The summed E-state index contributed by atoms with van der Waals surface area (Å²) in [5, 5.41) is 10.8. The van der Waals surface area contributed by atoms with Gasteiger partial charge in [0.15, 0.2) is 22.6 Å². The molecular formula is C39H51N15O25P4. The third kappa shape index (κ3) is 13.8. The SMILES string of the molecule is Cc1cn(C2CC(O)C(COP(=O)(O)OC3CC(n4cnc5c(=O)[nH]c(N)nc54)OC3COP(=O)(O)OC3CC(n4cnc5c(N)ncnc54)OC3COP(=O)(O)OC3CC(n4ccc(N)nc4=O)OC3COP(=O)(O)O)O2)c(=O)[nH]c1=O. The number of fused-ring (bicyclic) bond motifs is 2. The first-order valence-electron chi connectivity index (χ1n) is 24.4. The van der Waals surface area contributed by atoms with Crippen LogP contribution in [-0.4, -0.2) is 163 Å². The summed E-state index contributed by atoms with van der Waals surface area (Å²) in [7, 11) is -21.2. The number of nitrogens with one attached hydrogen (secondary N) is 2. The van der Waals surface area contributed by atoms with Gasteiger partial charge >= 0.3 is 42.7 Å². The fourth-order valence-corrected chi connectivity index (χ4v) is 12.6. The first-order chi connectivity index (χ1) is 39.1. The highest BCUT2D eigenvalue weighted by atomic mass is 31.2. The molecule has 0 spiro atoms. The van der Waals surface area contributed by atoms with Crippen LogP contribution in [0.4, 0.5) is 17.6 Å². The molecular weight excluding hydrogens is 1200 g/mol. The summed E-state index contributed by atoms with van der Waals surface area (Å²) < 4.78 is 118. The van der Waals surface area contributed by atoms with E-state index in [1.807, 2.05) is 0 Å². The Morgan fingerprint density at radius 1 is 0.602 bits per heavy atom. The fraction of sp³-hybridized carbons (Fsp3) is 0.538. The van der Waals surface area contributed by atoms with Gasteiger partial charge in [0.25, 0.3) is 11.1 Å². The Labute approximate surface area is 461 Å². The van der Waals surface area contributed by atoms with Gasteiger partial charge in [-0.2, -0.15) is 9.97 Å². The molecule has 4 saturated heterocycles. The predicted octanol–water partition coefficient (Wildman–Crippen LogP) is -2.05. The van der Waals surface area contributed by atoms with Gasteiger partial charge in [0.2, 0.25) is 5.95 Å². The lowest BCUT2D eigenvalue weighted by Crippen LogP contribution is -2.33. The normalized spacial score (nSPS) is 28.9. The van der Waals surface area contributed by atoms with E-state index in [1.165, 1.54) is 40.8 Å². The molecule has 10 heterocycles. The molecule has 83 heavy (non-hydrogen) atoms. The Bertz CT molecular complexity index is 3850. The van der Waals surface area contributed by atoms with Gasteiger partial charge in [-0.25, -0.2) is 47.8 Å². The molecule has 4 fully saturated rings. The lowest BCUT2D eigenvalue weighted by molar-refractivity contribution is -0.0624. The lowest BCUT2D eigenvalue weighted by Gasteiger charge is -2.25. The van der Waals surface area contributed by atoms with Gasteiger partial charge in [-0.05, 0) is 13.0 Å². The van der Waals surface area contributed by atoms with E-state index in [2.05, 4.69) is 44.4 Å². The molecule has 0 bridgehead atoms. The summed E-state index contributed by atoms with van der Waals surface area (Å²) in [5.74, 6) is -0.500. The maximum atomic E-state index is 14.1. The van der Waals surface area contributed by atoms with Crippen LogP contribution >= 0.6 is 31.3 Å². The molecule has 14 N–H and O–H groups in total. The highest BCUT2D eigenvalue weighted by Gasteiger charge is 2.49. The number of aromatic amines is 2. The van der Waals surface area contributed by atoms with Gasteiger partial charge in [-0.15, -0.1) is 0 Å². The molecule has 15 atom stereocenters. The number of rotatable bonds is 22. The van der Waals surface area contributed by atoms with E-state index in [4.69, 9.17) is 63.3 Å². The van der Waals surface area contributed by atoms with Crippen LogP contribution in [0.25, 0.3) is 22.3 Å². The topological polar surface area (TPSA) is 566 Å². The average molecular weight is 1250 g/mol. The van der Waals surface area contributed by atoms with Crippen molar-refractivity contribution in [2.75, 3.05) is 43.6 Å². The Morgan fingerprint density at radius 3 is 1.65 bits per heavy atom. The molecule has 40 nitrogen and oxygen atoms in total. The van der Waals surface area contributed by atoms with Crippen LogP contribution in [0.1, 0.15) is 56.2 Å². The van der Waals surface area contributed by atoms with Crippen molar-refractivity contribution in [2.45, 2.75) is 106 Å². The molecule has 6 aromatic rings. The smallest absolute Gasteiger partial charge is 0.390 e. The number of H-pyrrole nitrogens is 2. The number of nitrogens with zero attached hydrogens (tertiary/aromatic N) is 10. The van der Waals surface area contributed by atoms with Crippen LogP contribution in [0.15, 0.2) is 56.6 Å². The number of nitrogens with two attached hydrogens (primary N) is 3. The number of phosphoric ester groups is 4. The highest BCUT2D eigenvalue weighted by Crippen LogP contribution is 2.54. The minimum atomic E-state index is -5.42. The summed E-state index contributed by atoms with van der Waals surface area (Å²) in [6.45, 7) is -2.23. The molecule has 44 heteroatoms. The van der Waals surface area contributed by atoms with Crippen molar-refractivity contribution in [3.8, 4) is 0 Å². The number of aryl methyl sites for hydroxylation is 1. The van der Waals surface area contributed by atoms with E-state index in [1.54, 1.807) is 0 Å². The van der Waals surface area contributed by atoms with Gasteiger partial charge in [0.05, 0.1) is 45.2 Å². The van der Waals surface area contributed by atoms with Crippen LogP contribution in [-0.2, 0) is 68.9 Å². The summed E-state index contributed by atoms with van der Waals surface area (Å²) >= 11 is 0. The minimum absolute atomic E-state index is 0.0302. The Hall–Kier alpha value is -5.90. The second kappa shape index (κ2) is 23.5. The predicted molar refractivity (Wildman–Crippen MR) is 271 cm³/mol. The number of hydrogen-bond acceptors (Lipinski definition) is 29. The minimum Gasteiger partial charge on any atom is -0.390 e. The number of ether oxygens (including phenoxy) is 4. The van der Waals surface area contributed by atoms with E-state index in [0.717, 1.165) is 21.8 Å². The summed E-state index contributed by atoms with van der Waals surface area (Å²) in [5.41, 5.74) is 14.3. The molecule has 0 amide bonds. The number of aliphatic hydroxyl groups excluding tert-OH is 1. The number of aromatic nitrogens is 12. The van der Waals surface area contributed by atoms with Crippen molar-refractivity contribution in [2.24, 2.45) is 0 Å². The van der Waals surface area contributed by atoms with Crippen LogP contribution in [0, 0.1) is 6.92 Å². The van der Waals surface area contributed by atoms with Crippen molar-refractivity contribution in [3.05, 3.63) is 84.7 Å². The number of hydrogen-bond donors (Lipinski definition) is 11. The number of aliphatic hydroxyl groups is 1. The van der Waals surface area contributed by atoms with Crippen molar-refractivity contribution >= 4 is 71.2 Å². The van der Waals surface area contributed by atoms with E-state index >= 15 is 0 Å². The largest absolute Gasteiger partial charge is 0.472 e. The van der Waals surface area contributed by atoms with E-state index in [-0.39, 0.29) is 58.3 Å². The molecule has 0 radical (unpaired) electrons. The fourth-order valence-electron chi connectivity index (χ4n) is 9.39. The zero-order valence-corrected chi connectivity index (χ0v) is 46.1. The van der Waals surface area contributed by atoms with Crippen LogP contribution < -0.4 is 39.7 Å². The third-order valence-corrected chi connectivity index (χ3v) is 16.8. The van der Waals surface area contributed by atoms with Crippen molar-refractivity contribution in [3.63, 3.8) is 0 Å². The Kier molecular flexibility index (Phi) is 17.1. The second-order valence-electron chi connectivity index (χ2n) is 18.9. The monoisotopic (exact) mass is 1250 g/mol. The van der Waals surface area contributed by atoms with Crippen LogP contribution in [0.5, 0.6) is 0 Å². The average Bonchev–Trinajstić information content (AvgIpc) is 4.46. The molecule has 4 aliphatic heterocycles. The molecule has 15 unspecified atom stereocenters. The zero-order chi connectivity index (χ0) is 59.5.